The molecule has 5 heterocycles. The zero-order chi connectivity index (χ0) is 34.3. The zero-order valence-electron chi connectivity index (χ0n) is 27.5. The van der Waals surface area contributed by atoms with Crippen LogP contribution in [0.15, 0.2) is 146 Å². The van der Waals surface area contributed by atoms with E-state index in [1.165, 1.54) is 0 Å². The van der Waals surface area contributed by atoms with Gasteiger partial charge in [0.25, 0.3) is 6.04 Å². The third-order valence-electron chi connectivity index (χ3n) is 9.61. The largest absolute Gasteiger partial charge is 0.354 e. The first-order valence-electron chi connectivity index (χ1n) is 16.9. The van der Waals surface area contributed by atoms with Crippen LogP contribution in [0, 0.1) is 10.1 Å². The molecule has 9 rings (SSSR count). The van der Waals surface area contributed by atoms with Crippen molar-refractivity contribution < 1.29 is 4.92 Å². The molecule has 1 unspecified atom stereocenters. The molecule has 0 fully saturated rings. The van der Waals surface area contributed by atoms with Crippen molar-refractivity contribution in [3.63, 3.8) is 0 Å². The molecular formula is C44H31N5O2. The van der Waals surface area contributed by atoms with Gasteiger partial charge in [0.15, 0.2) is 0 Å². The van der Waals surface area contributed by atoms with Crippen LogP contribution in [0.2, 0.25) is 0 Å². The number of nitrogens with zero attached hydrogens (tertiary/aromatic N) is 3. The fraction of sp³-hybridized carbons (Fsp3) is 0.0455. The lowest BCUT2D eigenvalue weighted by atomic mass is 9.98. The molecule has 0 radical (unpaired) electrons. The SMILES string of the molecule is O=[N+]([O-])C1Cc2nc1c(-c1ccccc1)c1ccc([nH]1)c(-c1ccccc1)c1nc(c(-c3ccccc3)c3ccc([nH]3)c2-c2ccccc2)C=C1. The van der Waals surface area contributed by atoms with Crippen molar-refractivity contribution in [3.05, 3.63) is 178 Å². The number of hydrogen-bond acceptors (Lipinski definition) is 4. The van der Waals surface area contributed by atoms with Gasteiger partial charge in [-0.05, 0) is 58.7 Å². The second-order valence-corrected chi connectivity index (χ2v) is 12.7. The molecule has 0 saturated carbocycles. The maximum Gasteiger partial charge on any atom is 0.260 e. The number of aromatic amines is 2. The predicted octanol–water partition coefficient (Wildman–Crippen LogP) is 10.7. The summed E-state index contributed by atoms with van der Waals surface area (Å²) in [6, 6.07) is 47.4. The first-order chi connectivity index (χ1) is 25.1. The Balaban J connectivity index is 1.51. The highest BCUT2D eigenvalue weighted by molar-refractivity contribution is 5.97. The van der Waals surface area contributed by atoms with Crippen LogP contribution in [0.5, 0.6) is 0 Å². The summed E-state index contributed by atoms with van der Waals surface area (Å²) in [4.78, 5) is 30.7. The number of benzene rings is 4. The number of H-pyrrole nitrogens is 2. The normalized spacial score (nSPS) is 13.7. The fourth-order valence-electron chi connectivity index (χ4n) is 7.34. The average molecular weight is 662 g/mol. The Kier molecular flexibility index (Phi) is 7.43. The second kappa shape index (κ2) is 12.5. The molecule has 2 aliphatic rings. The highest BCUT2D eigenvalue weighted by atomic mass is 16.6. The third-order valence-corrected chi connectivity index (χ3v) is 9.61. The molecule has 7 aromatic rings. The van der Waals surface area contributed by atoms with E-state index in [9.17, 15) is 10.1 Å². The van der Waals surface area contributed by atoms with Crippen LogP contribution in [-0.2, 0) is 6.42 Å². The summed E-state index contributed by atoms with van der Waals surface area (Å²) >= 11 is 0. The van der Waals surface area contributed by atoms with Gasteiger partial charge in [0.05, 0.1) is 23.5 Å². The molecule has 4 aromatic carbocycles. The molecule has 0 saturated heterocycles. The van der Waals surface area contributed by atoms with Gasteiger partial charge in [0.1, 0.15) is 5.69 Å². The molecule has 0 spiro atoms. The molecule has 2 aliphatic heterocycles. The second-order valence-electron chi connectivity index (χ2n) is 12.7. The van der Waals surface area contributed by atoms with Gasteiger partial charge in [-0.15, -0.1) is 0 Å². The van der Waals surface area contributed by atoms with Gasteiger partial charge < -0.3 is 9.97 Å². The van der Waals surface area contributed by atoms with Crippen molar-refractivity contribution in [1.29, 1.82) is 0 Å². The van der Waals surface area contributed by atoms with Crippen LogP contribution >= 0.6 is 0 Å². The first-order valence-corrected chi connectivity index (χ1v) is 16.9. The summed E-state index contributed by atoms with van der Waals surface area (Å²) in [5, 5.41) is 12.9. The average Bonchev–Trinajstić information content (AvgIpc) is 4.00. The summed E-state index contributed by atoms with van der Waals surface area (Å²) in [5.41, 5.74) is 13.2. The van der Waals surface area contributed by atoms with E-state index >= 15 is 0 Å². The topological polar surface area (TPSA) is 100 Å². The summed E-state index contributed by atoms with van der Waals surface area (Å²) < 4.78 is 0. The Morgan fingerprint density at radius 2 is 0.863 bits per heavy atom. The van der Waals surface area contributed by atoms with Crippen LogP contribution < -0.4 is 0 Å². The Hall–Kier alpha value is -6.86. The van der Waals surface area contributed by atoms with Crippen LogP contribution in [0.1, 0.15) is 28.8 Å². The lowest BCUT2D eigenvalue weighted by Gasteiger charge is -2.08. The Morgan fingerprint density at radius 1 is 0.490 bits per heavy atom. The summed E-state index contributed by atoms with van der Waals surface area (Å²) in [7, 11) is 0. The van der Waals surface area contributed by atoms with E-state index in [1.54, 1.807) is 0 Å². The molecule has 7 heteroatoms. The fourth-order valence-corrected chi connectivity index (χ4v) is 7.34. The van der Waals surface area contributed by atoms with Crippen molar-refractivity contribution in [2.24, 2.45) is 0 Å². The Labute approximate surface area is 293 Å². The molecule has 2 N–H and O–H groups in total. The molecule has 51 heavy (non-hydrogen) atoms. The van der Waals surface area contributed by atoms with E-state index in [4.69, 9.17) is 9.97 Å². The van der Waals surface area contributed by atoms with E-state index in [0.29, 0.717) is 17.0 Å². The standard InChI is InChI=1S/C44H31N5O2/c50-49(51)39-27-38-42(30-17-9-3-10-18-30)36-24-23-34(46-36)40(28-13-5-1-6-14-28)32-21-22-33(45-32)41(29-15-7-2-8-16-29)35-25-26-37(47-35)43(44(39)48-38)31-19-11-4-12-20-31/h1-26,39,46-47H,27H2. The van der Waals surface area contributed by atoms with Crippen molar-refractivity contribution >= 4 is 34.2 Å². The highest BCUT2D eigenvalue weighted by Gasteiger charge is 2.35. The molecule has 7 nitrogen and oxygen atoms in total. The number of hydrogen-bond donors (Lipinski definition) is 2. The molecule has 8 bridgehead atoms. The molecule has 0 amide bonds. The maximum atomic E-state index is 12.9. The van der Waals surface area contributed by atoms with E-state index in [-0.39, 0.29) is 11.3 Å². The minimum atomic E-state index is -1.05. The number of aromatic nitrogens is 4. The van der Waals surface area contributed by atoms with Crippen LogP contribution in [-0.4, -0.2) is 24.9 Å². The monoisotopic (exact) mass is 661 g/mol. The minimum Gasteiger partial charge on any atom is -0.354 e. The van der Waals surface area contributed by atoms with E-state index in [0.717, 1.165) is 72.4 Å². The highest BCUT2D eigenvalue weighted by Crippen LogP contribution is 2.41. The smallest absolute Gasteiger partial charge is 0.260 e. The van der Waals surface area contributed by atoms with Crippen LogP contribution in [0.3, 0.4) is 0 Å². The molecular weight excluding hydrogens is 631 g/mol. The van der Waals surface area contributed by atoms with Crippen LogP contribution in [0.4, 0.5) is 0 Å². The van der Waals surface area contributed by atoms with E-state index < -0.39 is 6.04 Å². The zero-order valence-corrected chi connectivity index (χ0v) is 27.5. The van der Waals surface area contributed by atoms with Gasteiger partial charge in [-0.1, -0.05) is 121 Å². The summed E-state index contributed by atoms with van der Waals surface area (Å²) in [6.45, 7) is 0. The summed E-state index contributed by atoms with van der Waals surface area (Å²) in [6.07, 6.45) is 4.29. The number of fused-ring (bicyclic) bond motifs is 8. The summed E-state index contributed by atoms with van der Waals surface area (Å²) in [5.74, 6) is 0. The van der Waals surface area contributed by atoms with E-state index in [1.807, 2.05) is 115 Å². The Morgan fingerprint density at radius 3 is 1.29 bits per heavy atom. The van der Waals surface area contributed by atoms with Gasteiger partial charge in [-0.3, -0.25) is 10.1 Å². The van der Waals surface area contributed by atoms with Crippen molar-refractivity contribution in [2.75, 3.05) is 0 Å². The predicted molar refractivity (Wildman–Crippen MR) is 205 cm³/mol. The van der Waals surface area contributed by atoms with Gasteiger partial charge in [-0.2, -0.15) is 0 Å². The van der Waals surface area contributed by atoms with Crippen molar-refractivity contribution in [3.8, 4) is 44.5 Å². The van der Waals surface area contributed by atoms with Gasteiger partial charge >= 0.3 is 0 Å². The van der Waals surface area contributed by atoms with Crippen LogP contribution in [0.25, 0.3) is 78.7 Å². The maximum absolute atomic E-state index is 12.9. The van der Waals surface area contributed by atoms with Gasteiger partial charge in [0.2, 0.25) is 0 Å². The number of nitrogens with one attached hydrogen (secondary N) is 2. The Bertz CT molecular complexity index is 2630. The lowest BCUT2D eigenvalue weighted by Crippen LogP contribution is -2.10. The van der Waals surface area contributed by atoms with Gasteiger partial charge in [0, 0.05) is 49.2 Å². The lowest BCUT2D eigenvalue weighted by molar-refractivity contribution is -0.527. The van der Waals surface area contributed by atoms with Gasteiger partial charge in [-0.25, -0.2) is 9.97 Å². The molecule has 1 atom stereocenters. The number of rotatable bonds is 5. The third kappa shape index (κ3) is 5.41. The van der Waals surface area contributed by atoms with Crippen molar-refractivity contribution in [1.82, 2.24) is 19.9 Å². The molecule has 3 aromatic heterocycles. The first kappa shape index (κ1) is 30.2. The molecule has 0 aliphatic carbocycles. The van der Waals surface area contributed by atoms with E-state index in [2.05, 4.69) is 52.5 Å². The number of nitro groups is 1. The van der Waals surface area contributed by atoms with Crippen molar-refractivity contribution in [2.45, 2.75) is 12.5 Å². The minimum absolute atomic E-state index is 0.148. The molecule has 244 valence electrons. The quantitative estimate of drug-likeness (QED) is 0.142.